The van der Waals surface area contributed by atoms with Gasteiger partial charge in [0.25, 0.3) is 12.1 Å². The standard InChI is InChI=1S/C33H52N3O3S.HI/c1-4-6-8-10-11-12-13-14-18-24-30(37)39-33(28-21-16-15-17-22-28)36(3)25-20-23-29(27-36)31-32(35-40-34-31)38-26-19-9-7-5-2;/h15-17,21-23,33H,4-14,18-20,24-27H2,1-3H3;1H/q+1;/p-1. The van der Waals surface area contributed by atoms with Crippen molar-refractivity contribution in [3.63, 3.8) is 0 Å². The normalized spacial score (nSPS) is 17.4. The van der Waals surface area contributed by atoms with Gasteiger partial charge >= 0.3 is 5.97 Å². The lowest BCUT2D eigenvalue weighted by molar-refractivity contribution is -0.953. The molecule has 0 amide bonds. The van der Waals surface area contributed by atoms with Gasteiger partial charge in [0.1, 0.15) is 12.2 Å². The second kappa shape index (κ2) is 20.4. The van der Waals surface area contributed by atoms with Gasteiger partial charge in [-0.05, 0) is 25.0 Å². The van der Waals surface area contributed by atoms with Crippen molar-refractivity contribution in [3.8, 4) is 5.88 Å². The van der Waals surface area contributed by atoms with Gasteiger partial charge in [0.05, 0.1) is 37.5 Å². The van der Waals surface area contributed by atoms with Crippen LogP contribution in [0, 0.1) is 0 Å². The maximum Gasteiger partial charge on any atom is 0.310 e. The number of nitrogens with zero attached hydrogens (tertiary/aromatic N) is 3. The predicted molar refractivity (Wildman–Crippen MR) is 165 cm³/mol. The molecule has 1 aliphatic heterocycles. The van der Waals surface area contributed by atoms with E-state index in [1.165, 1.54) is 75.9 Å². The van der Waals surface area contributed by atoms with E-state index in [2.05, 4.69) is 47.9 Å². The summed E-state index contributed by atoms with van der Waals surface area (Å²) >= 11 is 1.20. The number of carbonyl (C=O) groups is 1. The van der Waals surface area contributed by atoms with E-state index in [0.717, 1.165) is 49.1 Å². The summed E-state index contributed by atoms with van der Waals surface area (Å²) in [4.78, 5) is 13.1. The monoisotopic (exact) mass is 697 g/mol. The number of aromatic nitrogens is 2. The van der Waals surface area contributed by atoms with Crippen LogP contribution in [0.1, 0.15) is 128 Å². The van der Waals surface area contributed by atoms with E-state index in [1.807, 2.05) is 18.2 Å². The van der Waals surface area contributed by atoms with Crippen LogP contribution >= 0.6 is 11.7 Å². The molecule has 0 saturated carbocycles. The summed E-state index contributed by atoms with van der Waals surface area (Å²) in [5, 5.41) is 0. The van der Waals surface area contributed by atoms with Gasteiger partial charge in [-0.25, -0.2) is 0 Å². The van der Waals surface area contributed by atoms with Crippen molar-refractivity contribution >= 4 is 23.3 Å². The zero-order valence-electron chi connectivity index (χ0n) is 25.6. The smallest absolute Gasteiger partial charge is 0.310 e. The van der Waals surface area contributed by atoms with Crippen molar-refractivity contribution in [1.29, 1.82) is 0 Å². The quantitative estimate of drug-likeness (QED) is 0.0747. The Morgan fingerprint density at radius 1 is 0.902 bits per heavy atom. The van der Waals surface area contributed by atoms with Gasteiger partial charge in [-0.15, -0.1) is 4.37 Å². The molecule has 2 aromatic rings. The highest BCUT2D eigenvalue weighted by molar-refractivity contribution is 6.99. The molecule has 0 fully saturated rings. The number of hydrogen-bond acceptors (Lipinski definition) is 6. The largest absolute Gasteiger partial charge is 1.00 e. The highest BCUT2D eigenvalue weighted by Crippen LogP contribution is 2.37. The van der Waals surface area contributed by atoms with E-state index < -0.39 is 0 Å². The van der Waals surface area contributed by atoms with Crippen LogP contribution in [-0.4, -0.2) is 45.9 Å². The van der Waals surface area contributed by atoms with Crippen LogP contribution in [0.4, 0.5) is 0 Å². The minimum atomic E-state index is -0.360. The summed E-state index contributed by atoms with van der Waals surface area (Å²) in [6.07, 6.45) is 19.0. The first-order valence-electron chi connectivity index (χ1n) is 15.8. The van der Waals surface area contributed by atoms with Gasteiger partial charge in [0, 0.05) is 18.4 Å². The lowest BCUT2D eigenvalue weighted by Gasteiger charge is -2.42. The molecule has 1 aliphatic rings. The number of hydrogen-bond donors (Lipinski definition) is 0. The van der Waals surface area contributed by atoms with Crippen LogP contribution in [-0.2, 0) is 9.53 Å². The average Bonchev–Trinajstić information content (AvgIpc) is 3.44. The SMILES string of the molecule is CCCCCCCCCCCC(=O)OC(c1ccccc1)[N+]1(C)CCC=C(c2nsnc2OCCCCCC)C1.[I-]. The zero-order chi connectivity index (χ0) is 28.5. The van der Waals surface area contributed by atoms with Crippen LogP contribution < -0.4 is 28.7 Å². The highest BCUT2D eigenvalue weighted by Gasteiger charge is 2.40. The molecule has 2 heterocycles. The lowest BCUT2D eigenvalue weighted by atomic mass is 10.0. The third kappa shape index (κ3) is 12.3. The Morgan fingerprint density at radius 2 is 1.54 bits per heavy atom. The summed E-state index contributed by atoms with van der Waals surface area (Å²) in [6.45, 7) is 6.73. The second-order valence-corrected chi connectivity index (χ2v) is 12.1. The van der Waals surface area contributed by atoms with Crippen molar-refractivity contribution < 1.29 is 42.7 Å². The molecule has 230 valence electrons. The third-order valence-electron chi connectivity index (χ3n) is 7.94. The Balaban J connectivity index is 0.00000588. The van der Waals surface area contributed by atoms with Gasteiger partial charge in [-0.3, -0.25) is 9.28 Å². The molecular formula is C33H52IN3O3S. The number of esters is 1. The van der Waals surface area contributed by atoms with E-state index in [4.69, 9.17) is 9.47 Å². The van der Waals surface area contributed by atoms with Crippen molar-refractivity contribution in [2.24, 2.45) is 0 Å². The van der Waals surface area contributed by atoms with E-state index in [-0.39, 0.29) is 36.2 Å². The highest BCUT2D eigenvalue weighted by atomic mass is 127. The molecule has 0 aliphatic carbocycles. The molecule has 3 rings (SSSR count). The Bertz CT molecular complexity index is 1020. The number of unbranched alkanes of at least 4 members (excludes halogenated alkanes) is 11. The maximum atomic E-state index is 13.1. The van der Waals surface area contributed by atoms with Crippen LogP contribution in [0.5, 0.6) is 5.88 Å². The number of ether oxygens (including phenoxy) is 2. The summed E-state index contributed by atoms with van der Waals surface area (Å²) < 4.78 is 22.0. The minimum Gasteiger partial charge on any atom is -1.00 e. The fraction of sp³-hybridized carbons (Fsp3) is 0.667. The van der Waals surface area contributed by atoms with Crippen molar-refractivity contribution in [3.05, 3.63) is 47.7 Å². The molecule has 1 aromatic heterocycles. The summed E-state index contributed by atoms with van der Waals surface area (Å²) in [6, 6.07) is 10.2. The molecular weight excluding hydrogens is 645 g/mol. The molecule has 2 atom stereocenters. The first kappa shape index (κ1) is 35.7. The van der Waals surface area contributed by atoms with Gasteiger partial charge in [0.2, 0.25) is 0 Å². The van der Waals surface area contributed by atoms with E-state index >= 15 is 0 Å². The molecule has 6 nitrogen and oxygen atoms in total. The molecule has 0 N–H and O–H groups in total. The molecule has 0 saturated heterocycles. The molecule has 0 radical (unpaired) electrons. The maximum absolute atomic E-state index is 13.1. The molecule has 0 spiro atoms. The topological polar surface area (TPSA) is 61.3 Å². The molecule has 2 unspecified atom stereocenters. The van der Waals surface area contributed by atoms with Gasteiger partial charge in [0.15, 0.2) is 0 Å². The Kier molecular flexibility index (Phi) is 17.7. The number of benzene rings is 1. The second-order valence-electron chi connectivity index (χ2n) is 11.5. The number of carbonyl (C=O) groups excluding carboxylic acids is 1. The summed E-state index contributed by atoms with van der Waals surface area (Å²) in [5.74, 6) is 0.540. The molecule has 8 heteroatoms. The zero-order valence-corrected chi connectivity index (χ0v) is 28.6. The Labute approximate surface area is 270 Å². The van der Waals surface area contributed by atoms with E-state index in [0.29, 0.717) is 29.9 Å². The number of likely N-dealkylation sites (N-methyl/N-ethyl adjacent to an activating group) is 1. The number of rotatable bonds is 20. The van der Waals surface area contributed by atoms with Crippen LogP contribution in [0.3, 0.4) is 0 Å². The van der Waals surface area contributed by atoms with Crippen LogP contribution in [0.15, 0.2) is 36.4 Å². The predicted octanol–water partition coefficient (Wildman–Crippen LogP) is 5.90. The van der Waals surface area contributed by atoms with E-state index in [1.54, 1.807) is 0 Å². The summed E-state index contributed by atoms with van der Waals surface area (Å²) in [5.41, 5.74) is 3.01. The Morgan fingerprint density at radius 3 is 2.22 bits per heavy atom. The number of quaternary nitrogens is 1. The van der Waals surface area contributed by atoms with Crippen molar-refractivity contribution in [1.82, 2.24) is 8.75 Å². The van der Waals surface area contributed by atoms with E-state index in [9.17, 15) is 4.79 Å². The fourth-order valence-electron chi connectivity index (χ4n) is 5.54. The van der Waals surface area contributed by atoms with Crippen molar-refractivity contribution in [2.45, 2.75) is 116 Å². The molecule has 1 aromatic carbocycles. The molecule has 41 heavy (non-hydrogen) atoms. The van der Waals surface area contributed by atoms with Crippen LogP contribution in [0.25, 0.3) is 5.57 Å². The van der Waals surface area contributed by atoms with Gasteiger partial charge in [-0.2, -0.15) is 4.37 Å². The van der Waals surface area contributed by atoms with Gasteiger partial charge < -0.3 is 33.5 Å². The first-order chi connectivity index (χ1) is 19.6. The summed E-state index contributed by atoms with van der Waals surface area (Å²) in [7, 11) is 2.20. The lowest BCUT2D eigenvalue weighted by Crippen LogP contribution is -3.00. The Hall–Kier alpha value is -1.52. The first-order valence-corrected chi connectivity index (χ1v) is 16.5. The number of halogens is 1. The fourth-order valence-corrected chi connectivity index (χ4v) is 6.07. The van der Waals surface area contributed by atoms with Crippen molar-refractivity contribution in [2.75, 3.05) is 26.7 Å². The van der Waals surface area contributed by atoms with Crippen LogP contribution in [0.2, 0.25) is 0 Å². The molecule has 0 bridgehead atoms. The van der Waals surface area contributed by atoms with Gasteiger partial charge in [-0.1, -0.05) is 109 Å². The third-order valence-corrected chi connectivity index (χ3v) is 8.45. The average molecular weight is 698 g/mol. The minimum absolute atomic E-state index is 0.